The van der Waals surface area contributed by atoms with E-state index in [0.29, 0.717) is 13.1 Å². The van der Waals surface area contributed by atoms with Crippen LogP contribution in [0.15, 0.2) is 35.8 Å². The summed E-state index contributed by atoms with van der Waals surface area (Å²) in [5.74, 6) is 0. The second-order valence-electron chi connectivity index (χ2n) is 4.73. The van der Waals surface area contributed by atoms with Crippen molar-refractivity contribution in [2.45, 2.75) is 20.0 Å². The minimum atomic E-state index is -0.375. The molecule has 0 aliphatic carbocycles. The maximum absolute atomic E-state index is 10.7. The van der Waals surface area contributed by atoms with Crippen molar-refractivity contribution in [3.8, 4) is 0 Å². The Morgan fingerprint density at radius 2 is 2.29 bits per heavy atom. The number of fused-ring (bicyclic) bond motifs is 1. The van der Waals surface area contributed by atoms with Crippen molar-refractivity contribution < 1.29 is 4.92 Å². The third kappa shape index (κ3) is 2.79. The number of nitro groups is 1. The molecule has 0 unspecified atom stereocenters. The van der Waals surface area contributed by atoms with Gasteiger partial charge in [-0.3, -0.25) is 14.5 Å². The van der Waals surface area contributed by atoms with Crippen molar-refractivity contribution in [1.29, 1.82) is 0 Å². The molecule has 0 amide bonds. The minimum Gasteiger partial charge on any atom is -0.307 e. The number of aryl methyl sites for hydroxylation is 1. The lowest BCUT2D eigenvalue weighted by molar-refractivity contribution is -0.384. The Morgan fingerprint density at radius 3 is 3.10 bits per heavy atom. The second kappa shape index (κ2) is 5.63. The number of rotatable bonds is 5. The van der Waals surface area contributed by atoms with Crippen LogP contribution in [0.25, 0.3) is 4.96 Å². The van der Waals surface area contributed by atoms with Gasteiger partial charge in [-0.25, -0.2) is 4.98 Å². The summed E-state index contributed by atoms with van der Waals surface area (Å²) >= 11 is 1.61. The SMILES string of the molecule is Cc1nc2sccn2c1CNCc1cccc([N+](=O)[O-])c1. The zero-order chi connectivity index (χ0) is 14.8. The minimum absolute atomic E-state index is 0.120. The van der Waals surface area contributed by atoms with E-state index in [1.807, 2.05) is 24.6 Å². The largest absolute Gasteiger partial charge is 0.307 e. The Balaban J connectivity index is 1.68. The first-order valence-corrected chi connectivity index (χ1v) is 7.38. The summed E-state index contributed by atoms with van der Waals surface area (Å²) in [5, 5.41) is 16.1. The molecule has 7 heteroatoms. The maximum atomic E-state index is 10.7. The molecule has 1 aromatic carbocycles. The highest BCUT2D eigenvalue weighted by atomic mass is 32.1. The molecule has 3 rings (SSSR count). The molecule has 2 aromatic heterocycles. The average Bonchev–Trinajstić information content (AvgIpc) is 3.01. The van der Waals surface area contributed by atoms with E-state index in [9.17, 15) is 10.1 Å². The standard InChI is InChI=1S/C14H14N4O2S/c1-10-13(17-5-6-21-14(17)16-10)9-15-8-11-3-2-4-12(7-11)18(19)20/h2-7,15H,8-9H2,1H3. The summed E-state index contributed by atoms with van der Waals surface area (Å²) in [7, 11) is 0. The maximum Gasteiger partial charge on any atom is 0.269 e. The van der Waals surface area contributed by atoms with Crippen LogP contribution in [0.5, 0.6) is 0 Å². The van der Waals surface area contributed by atoms with Crippen molar-refractivity contribution >= 4 is 22.0 Å². The number of thiazole rings is 1. The molecule has 1 N–H and O–H groups in total. The van der Waals surface area contributed by atoms with Crippen LogP contribution >= 0.6 is 11.3 Å². The van der Waals surface area contributed by atoms with E-state index in [0.717, 1.165) is 21.9 Å². The van der Waals surface area contributed by atoms with E-state index < -0.39 is 0 Å². The molecule has 21 heavy (non-hydrogen) atoms. The fourth-order valence-electron chi connectivity index (χ4n) is 2.26. The fraction of sp³-hybridized carbons (Fsp3) is 0.214. The third-order valence-corrected chi connectivity index (χ3v) is 4.06. The van der Waals surface area contributed by atoms with E-state index in [1.54, 1.807) is 23.5 Å². The zero-order valence-corrected chi connectivity index (χ0v) is 12.3. The summed E-state index contributed by atoms with van der Waals surface area (Å²) < 4.78 is 2.07. The number of nitrogens with zero attached hydrogens (tertiary/aromatic N) is 3. The Labute approximate surface area is 125 Å². The summed E-state index contributed by atoms with van der Waals surface area (Å²) in [4.78, 5) is 15.8. The van der Waals surface area contributed by atoms with Crippen molar-refractivity contribution in [3.63, 3.8) is 0 Å². The van der Waals surface area contributed by atoms with Crippen molar-refractivity contribution in [2.24, 2.45) is 0 Å². The molecule has 0 saturated heterocycles. The van der Waals surface area contributed by atoms with E-state index in [-0.39, 0.29) is 10.6 Å². The fourth-order valence-corrected chi connectivity index (χ4v) is 3.04. The smallest absolute Gasteiger partial charge is 0.269 e. The number of benzene rings is 1. The molecule has 0 spiro atoms. The third-order valence-electron chi connectivity index (χ3n) is 3.30. The van der Waals surface area contributed by atoms with Crippen LogP contribution in [-0.2, 0) is 13.1 Å². The first-order chi connectivity index (χ1) is 10.1. The molecule has 0 atom stereocenters. The summed E-state index contributed by atoms with van der Waals surface area (Å²) in [6.45, 7) is 3.25. The van der Waals surface area contributed by atoms with Crippen LogP contribution in [0.1, 0.15) is 17.0 Å². The molecule has 0 radical (unpaired) electrons. The van der Waals surface area contributed by atoms with Crippen LogP contribution in [0.3, 0.4) is 0 Å². The normalized spacial score (nSPS) is 11.1. The summed E-state index contributed by atoms with van der Waals surface area (Å²) in [6, 6.07) is 6.68. The lowest BCUT2D eigenvalue weighted by Crippen LogP contribution is -2.14. The molecule has 0 bridgehead atoms. The van der Waals surface area contributed by atoms with E-state index in [4.69, 9.17) is 0 Å². The molecule has 6 nitrogen and oxygen atoms in total. The van der Waals surface area contributed by atoms with E-state index in [1.165, 1.54) is 6.07 Å². The predicted octanol–water partition coefficient (Wildman–Crippen LogP) is 2.90. The van der Waals surface area contributed by atoms with Crippen molar-refractivity contribution in [3.05, 3.63) is 62.9 Å². The zero-order valence-electron chi connectivity index (χ0n) is 11.4. The van der Waals surface area contributed by atoms with Gasteiger partial charge in [-0.2, -0.15) is 0 Å². The Morgan fingerprint density at radius 1 is 1.43 bits per heavy atom. The molecular weight excluding hydrogens is 288 g/mol. The van der Waals surface area contributed by atoms with Crippen LogP contribution in [-0.4, -0.2) is 14.3 Å². The van der Waals surface area contributed by atoms with E-state index in [2.05, 4.69) is 14.7 Å². The van der Waals surface area contributed by atoms with Gasteiger partial charge >= 0.3 is 0 Å². The van der Waals surface area contributed by atoms with Gasteiger partial charge in [0.25, 0.3) is 5.69 Å². The number of imidazole rings is 1. The van der Waals surface area contributed by atoms with Gasteiger partial charge < -0.3 is 5.32 Å². The first kappa shape index (κ1) is 13.7. The topological polar surface area (TPSA) is 72.5 Å². The van der Waals surface area contributed by atoms with Gasteiger partial charge in [-0.1, -0.05) is 12.1 Å². The monoisotopic (exact) mass is 302 g/mol. The van der Waals surface area contributed by atoms with E-state index >= 15 is 0 Å². The Bertz CT molecular complexity index is 793. The number of non-ortho nitro benzene ring substituents is 1. The van der Waals surface area contributed by atoms with Crippen LogP contribution in [0, 0.1) is 17.0 Å². The number of aromatic nitrogens is 2. The Hall–Kier alpha value is -2.25. The molecule has 0 aliphatic heterocycles. The van der Waals surface area contributed by atoms with Crippen LogP contribution in [0.4, 0.5) is 5.69 Å². The van der Waals surface area contributed by atoms with Gasteiger partial charge in [0, 0.05) is 36.8 Å². The highest BCUT2D eigenvalue weighted by Gasteiger charge is 2.09. The van der Waals surface area contributed by atoms with Gasteiger partial charge in [0.15, 0.2) is 4.96 Å². The predicted molar refractivity (Wildman–Crippen MR) is 81.4 cm³/mol. The number of nitrogens with one attached hydrogen (secondary N) is 1. The summed E-state index contributed by atoms with van der Waals surface area (Å²) in [5.41, 5.74) is 3.15. The van der Waals surface area contributed by atoms with Gasteiger partial charge in [-0.15, -0.1) is 11.3 Å². The van der Waals surface area contributed by atoms with Crippen LogP contribution < -0.4 is 5.32 Å². The van der Waals surface area contributed by atoms with Gasteiger partial charge in [0.2, 0.25) is 0 Å². The molecule has 0 aliphatic rings. The first-order valence-electron chi connectivity index (χ1n) is 6.50. The summed E-state index contributed by atoms with van der Waals surface area (Å²) in [6.07, 6.45) is 2.00. The second-order valence-corrected chi connectivity index (χ2v) is 5.60. The van der Waals surface area contributed by atoms with Crippen molar-refractivity contribution in [2.75, 3.05) is 0 Å². The molecule has 0 fully saturated rings. The van der Waals surface area contributed by atoms with Crippen LogP contribution in [0.2, 0.25) is 0 Å². The lowest BCUT2D eigenvalue weighted by Gasteiger charge is -2.05. The lowest BCUT2D eigenvalue weighted by atomic mass is 10.2. The number of hydrogen-bond donors (Lipinski definition) is 1. The van der Waals surface area contributed by atoms with Crippen molar-refractivity contribution in [1.82, 2.24) is 14.7 Å². The molecular formula is C14H14N4O2S. The number of nitro benzene ring substituents is 1. The molecule has 2 heterocycles. The highest BCUT2D eigenvalue weighted by molar-refractivity contribution is 7.15. The van der Waals surface area contributed by atoms with Gasteiger partial charge in [0.05, 0.1) is 16.3 Å². The van der Waals surface area contributed by atoms with Gasteiger partial charge in [0.1, 0.15) is 0 Å². The number of hydrogen-bond acceptors (Lipinski definition) is 5. The Kier molecular flexibility index (Phi) is 3.68. The highest BCUT2D eigenvalue weighted by Crippen LogP contribution is 2.17. The molecule has 3 aromatic rings. The molecule has 108 valence electrons. The quantitative estimate of drug-likeness (QED) is 0.581. The van der Waals surface area contributed by atoms with Gasteiger partial charge in [-0.05, 0) is 12.5 Å². The molecule has 0 saturated carbocycles. The average molecular weight is 302 g/mol.